The summed E-state index contributed by atoms with van der Waals surface area (Å²) in [7, 11) is 1.95. The summed E-state index contributed by atoms with van der Waals surface area (Å²) in [5, 5.41) is 8.59. The van der Waals surface area contributed by atoms with Gasteiger partial charge in [0.2, 0.25) is 11.1 Å². The number of hydrogen-bond donors (Lipinski definition) is 1. The Morgan fingerprint density at radius 2 is 2.16 bits per heavy atom. The van der Waals surface area contributed by atoms with E-state index in [0.29, 0.717) is 17.8 Å². The van der Waals surface area contributed by atoms with Gasteiger partial charge in [-0.3, -0.25) is 0 Å². The topological polar surface area (TPSA) is 80.5 Å². The van der Waals surface area contributed by atoms with Crippen LogP contribution in [0, 0.1) is 18.8 Å². The summed E-state index contributed by atoms with van der Waals surface area (Å²) in [4.78, 5) is 10.8. The molecule has 32 heavy (non-hydrogen) atoms. The van der Waals surface area contributed by atoms with Crippen molar-refractivity contribution >= 4 is 28.3 Å². The van der Waals surface area contributed by atoms with Crippen molar-refractivity contribution in [3.05, 3.63) is 35.9 Å². The molecule has 2 aliphatic carbocycles. The molecule has 2 fully saturated rings. The fourth-order valence-electron chi connectivity index (χ4n) is 4.20. The molecule has 0 radical (unpaired) electrons. The summed E-state index contributed by atoms with van der Waals surface area (Å²) in [6.07, 6.45) is -0.425. The molecule has 170 valence electrons. The largest absolute Gasteiger partial charge is 0.477 e. The lowest BCUT2D eigenvalue weighted by atomic mass is 9.53. The van der Waals surface area contributed by atoms with Gasteiger partial charge in [0.15, 0.2) is 17.5 Å². The molecule has 0 spiro atoms. The van der Waals surface area contributed by atoms with Gasteiger partial charge in [-0.2, -0.15) is 22.5 Å². The van der Waals surface area contributed by atoms with E-state index in [0.717, 1.165) is 30.7 Å². The Morgan fingerprint density at radius 1 is 1.34 bits per heavy atom. The van der Waals surface area contributed by atoms with Crippen molar-refractivity contribution < 1.29 is 17.9 Å². The summed E-state index contributed by atoms with van der Waals surface area (Å²) in [5.74, 6) is 2.16. The molecule has 0 amide bonds. The Morgan fingerprint density at radius 3 is 2.81 bits per heavy atom. The summed E-state index contributed by atoms with van der Waals surface area (Å²) < 4.78 is 49.6. The Balaban J connectivity index is 1.37. The predicted octanol–water partition coefficient (Wildman–Crippen LogP) is 4.06. The number of halogens is 3. The minimum absolute atomic E-state index is 0.0372. The van der Waals surface area contributed by atoms with Crippen molar-refractivity contribution in [2.45, 2.75) is 45.0 Å². The maximum absolute atomic E-state index is 12.9. The summed E-state index contributed by atoms with van der Waals surface area (Å²) in [6, 6.07) is 3.12. The first-order valence-electron chi connectivity index (χ1n) is 10.3. The third-order valence-corrected chi connectivity index (χ3v) is 6.98. The second-order valence-corrected chi connectivity index (χ2v) is 8.94. The lowest BCUT2D eigenvalue weighted by Gasteiger charge is -2.55. The van der Waals surface area contributed by atoms with Crippen molar-refractivity contribution in [3.63, 3.8) is 0 Å². The molecule has 1 unspecified atom stereocenters. The van der Waals surface area contributed by atoms with Crippen molar-refractivity contribution in [3.8, 4) is 5.75 Å². The molecule has 3 aromatic rings. The van der Waals surface area contributed by atoms with Gasteiger partial charge >= 0.3 is 6.18 Å². The second-order valence-electron chi connectivity index (χ2n) is 8.21. The number of hydrogen-bond acceptors (Lipinski definition) is 8. The molecular weight excluding hydrogens is 443 g/mol. The monoisotopic (exact) mass is 465 g/mol. The number of pyridine rings is 1. The van der Waals surface area contributed by atoms with Gasteiger partial charge in [-0.05, 0) is 56.2 Å². The minimum atomic E-state index is -4.46. The van der Waals surface area contributed by atoms with Gasteiger partial charge in [-0.25, -0.2) is 9.50 Å². The normalized spacial score (nSPS) is 24.6. The number of aromatic nitrogens is 5. The molecule has 0 bridgehead atoms. The number of ether oxygens (including phenoxy) is 1. The smallest absolute Gasteiger partial charge is 0.425 e. The maximum Gasteiger partial charge on any atom is 0.425 e. The van der Waals surface area contributed by atoms with E-state index < -0.39 is 12.3 Å². The SMILES string of the molecule is Cc1nsc(N(C)/C=C2\C3CC[C@H]3[C@H]2Nc2nc3c(O[C@H](C)C(F)(F)F)cccn3n2)n1. The number of anilines is 2. The average Bonchev–Trinajstić information content (AvgIpc) is 3.32. The first-order chi connectivity index (χ1) is 15.2. The standard InChI is InChI=1S/C20H22F3N7OS/c1-10(20(21,22)23)31-15-5-4-8-30-17(15)26-18(27-30)25-16-13-7-6-12(13)14(16)9-29(3)19-24-11(2)28-32-19/h4-5,8-10,12-13,16H,6-7H2,1-3H3,(H,25,27)/b14-9+/t10-,12?,13-,16-/m1/s1. The van der Waals surface area contributed by atoms with Gasteiger partial charge < -0.3 is 15.0 Å². The van der Waals surface area contributed by atoms with Gasteiger partial charge in [0.1, 0.15) is 5.82 Å². The van der Waals surface area contributed by atoms with Gasteiger partial charge in [-0.15, -0.1) is 5.10 Å². The van der Waals surface area contributed by atoms with Crippen LogP contribution < -0.4 is 15.0 Å². The zero-order valence-electron chi connectivity index (χ0n) is 17.7. The molecule has 12 heteroatoms. The van der Waals surface area contributed by atoms with Gasteiger partial charge in [0, 0.05) is 31.0 Å². The Hall–Kier alpha value is -2.89. The van der Waals surface area contributed by atoms with E-state index in [9.17, 15) is 13.2 Å². The van der Waals surface area contributed by atoms with Crippen LogP contribution in [-0.4, -0.2) is 49.3 Å². The van der Waals surface area contributed by atoms with E-state index in [1.54, 1.807) is 12.3 Å². The van der Waals surface area contributed by atoms with Crippen LogP contribution in [0.5, 0.6) is 5.75 Å². The van der Waals surface area contributed by atoms with Crippen LogP contribution in [0.3, 0.4) is 0 Å². The number of nitrogens with one attached hydrogen (secondary N) is 1. The quantitative estimate of drug-likeness (QED) is 0.588. The number of fused-ring (bicyclic) bond motifs is 2. The van der Waals surface area contributed by atoms with Crippen LogP contribution in [-0.2, 0) is 0 Å². The van der Waals surface area contributed by atoms with E-state index in [-0.39, 0.29) is 17.4 Å². The van der Waals surface area contributed by atoms with Crippen LogP contribution in [0.15, 0.2) is 30.1 Å². The Labute approximate surface area is 186 Å². The summed E-state index contributed by atoms with van der Waals surface area (Å²) in [6.45, 7) is 2.83. The number of rotatable bonds is 6. The highest BCUT2D eigenvalue weighted by atomic mass is 32.1. The number of nitrogens with zero attached hydrogens (tertiary/aromatic N) is 6. The van der Waals surface area contributed by atoms with E-state index in [1.807, 2.05) is 18.9 Å². The Bertz CT molecular complexity index is 1170. The molecule has 4 atom stereocenters. The summed E-state index contributed by atoms with van der Waals surface area (Å²) in [5.41, 5.74) is 1.49. The fourth-order valence-corrected chi connectivity index (χ4v) is 4.81. The van der Waals surface area contributed by atoms with E-state index in [2.05, 4.69) is 31.0 Å². The van der Waals surface area contributed by atoms with Gasteiger partial charge in [-0.1, -0.05) is 0 Å². The van der Waals surface area contributed by atoms with Crippen LogP contribution in [0.4, 0.5) is 24.3 Å². The molecule has 0 aliphatic heterocycles. The predicted molar refractivity (Wildman–Crippen MR) is 114 cm³/mol. The van der Waals surface area contributed by atoms with Crippen molar-refractivity contribution in [1.29, 1.82) is 0 Å². The zero-order valence-corrected chi connectivity index (χ0v) is 18.5. The molecule has 2 saturated carbocycles. The third-order valence-electron chi connectivity index (χ3n) is 6.08. The number of alkyl halides is 3. The highest BCUT2D eigenvalue weighted by Gasteiger charge is 2.52. The molecule has 0 aromatic carbocycles. The first-order valence-corrected chi connectivity index (χ1v) is 11.1. The van der Waals surface area contributed by atoms with Crippen molar-refractivity contribution in [2.75, 3.05) is 17.3 Å². The Kier molecular flexibility index (Phi) is 4.99. The van der Waals surface area contributed by atoms with Crippen LogP contribution >= 0.6 is 11.5 Å². The van der Waals surface area contributed by atoms with Crippen LogP contribution in [0.2, 0.25) is 0 Å². The fraction of sp³-hybridized carbons (Fsp3) is 0.500. The molecule has 2 aliphatic rings. The molecule has 3 heterocycles. The number of aryl methyl sites for hydroxylation is 1. The maximum atomic E-state index is 12.9. The molecule has 5 rings (SSSR count). The third kappa shape index (κ3) is 3.65. The first kappa shape index (κ1) is 21.0. The lowest BCUT2D eigenvalue weighted by Crippen LogP contribution is -2.55. The minimum Gasteiger partial charge on any atom is -0.477 e. The average molecular weight is 466 g/mol. The highest BCUT2D eigenvalue weighted by Crippen LogP contribution is 2.55. The molecular formula is C20H22F3N7OS. The van der Waals surface area contributed by atoms with E-state index >= 15 is 0 Å². The molecule has 3 aromatic heterocycles. The molecule has 1 N–H and O–H groups in total. The second kappa shape index (κ2) is 7.61. The lowest BCUT2D eigenvalue weighted by molar-refractivity contribution is -0.189. The van der Waals surface area contributed by atoms with Crippen molar-refractivity contribution in [2.24, 2.45) is 11.8 Å². The van der Waals surface area contributed by atoms with Crippen LogP contribution in [0.25, 0.3) is 5.65 Å². The van der Waals surface area contributed by atoms with E-state index in [4.69, 9.17) is 4.74 Å². The van der Waals surface area contributed by atoms with E-state index in [1.165, 1.54) is 27.7 Å². The summed E-state index contributed by atoms with van der Waals surface area (Å²) >= 11 is 1.35. The molecule has 0 saturated heterocycles. The van der Waals surface area contributed by atoms with Crippen LogP contribution in [0.1, 0.15) is 25.6 Å². The molecule has 8 nitrogen and oxygen atoms in total. The van der Waals surface area contributed by atoms with Gasteiger partial charge in [0.05, 0.1) is 6.04 Å². The highest BCUT2D eigenvalue weighted by molar-refractivity contribution is 7.09. The van der Waals surface area contributed by atoms with Gasteiger partial charge in [0.25, 0.3) is 0 Å². The van der Waals surface area contributed by atoms with Crippen molar-refractivity contribution in [1.82, 2.24) is 24.0 Å². The zero-order chi connectivity index (χ0) is 22.6.